The number of fused-ring (bicyclic) bond motifs is 3. The first-order chi connectivity index (χ1) is 16.4. The smallest absolute Gasteiger partial charge is 0.407 e. The van der Waals surface area contributed by atoms with Gasteiger partial charge in [0.1, 0.15) is 18.7 Å². The van der Waals surface area contributed by atoms with Gasteiger partial charge in [0.25, 0.3) is 0 Å². The summed E-state index contributed by atoms with van der Waals surface area (Å²) in [6.07, 6.45) is 2.01. The molecule has 34 heavy (non-hydrogen) atoms. The van der Waals surface area contributed by atoms with Gasteiger partial charge >= 0.3 is 12.1 Å². The molecule has 2 amide bonds. The van der Waals surface area contributed by atoms with Crippen molar-refractivity contribution >= 4 is 18.0 Å². The summed E-state index contributed by atoms with van der Waals surface area (Å²) >= 11 is 0. The number of carbonyl (C=O) groups excluding carboxylic acids is 2. The molecular weight excluding hydrogens is 432 g/mol. The molecule has 1 heterocycles. The van der Waals surface area contributed by atoms with E-state index in [2.05, 4.69) is 29.6 Å². The third-order valence-corrected chi connectivity index (χ3v) is 7.02. The molecule has 2 N–H and O–H groups in total. The highest BCUT2D eigenvalue weighted by Gasteiger charge is 2.42. The summed E-state index contributed by atoms with van der Waals surface area (Å²) in [5.41, 5.74) is 4.52. The molecule has 0 saturated carbocycles. The lowest BCUT2D eigenvalue weighted by Gasteiger charge is -2.28. The van der Waals surface area contributed by atoms with Gasteiger partial charge in [-0.2, -0.15) is 0 Å². The summed E-state index contributed by atoms with van der Waals surface area (Å²) in [7, 11) is 0. The summed E-state index contributed by atoms with van der Waals surface area (Å²) in [5.74, 6) is -1.55. The molecule has 2 aromatic rings. The number of ether oxygens (including phenoxy) is 1. The largest absolute Gasteiger partial charge is 0.480 e. The molecule has 2 aromatic carbocycles. The van der Waals surface area contributed by atoms with Crippen LogP contribution in [0.2, 0.25) is 0 Å². The van der Waals surface area contributed by atoms with E-state index in [1.165, 1.54) is 4.90 Å². The second-order valence-electron chi connectivity index (χ2n) is 9.25. The lowest BCUT2D eigenvalue weighted by atomic mass is 9.98. The SMILES string of the molecule is CCCCC(NC(=O)OCC1c2ccccc2-c2ccccc21)C(=O)N1CCC(C)C1C(=O)O. The Balaban J connectivity index is 1.44. The molecule has 0 radical (unpaired) electrons. The Kier molecular flexibility index (Phi) is 7.20. The maximum Gasteiger partial charge on any atom is 0.407 e. The number of carbonyl (C=O) groups is 3. The van der Waals surface area contributed by atoms with Crippen molar-refractivity contribution in [2.75, 3.05) is 13.2 Å². The third-order valence-electron chi connectivity index (χ3n) is 7.02. The van der Waals surface area contributed by atoms with E-state index in [-0.39, 0.29) is 24.3 Å². The molecule has 1 fully saturated rings. The number of nitrogens with one attached hydrogen (secondary N) is 1. The van der Waals surface area contributed by atoms with Crippen molar-refractivity contribution in [2.45, 2.75) is 57.5 Å². The Morgan fingerprint density at radius 2 is 1.71 bits per heavy atom. The Morgan fingerprint density at radius 3 is 2.29 bits per heavy atom. The average Bonchev–Trinajstić information content (AvgIpc) is 3.38. The molecule has 180 valence electrons. The summed E-state index contributed by atoms with van der Waals surface area (Å²) in [4.78, 5) is 39.1. The number of unbranched alkanes of at least 4 members (excludes halogenated alkanes) is 1. The number of aliphatic carboxylic acids is 1. The quantitative estimate of drug-likeness (QED) is 0.604. The van der Waals surface area contributed by atoms with Crippen LogP contribution in [0, 0.1) is 5.92 Å². The molecule has 1 saturated heterocycles. The summed E-state index contributed by atoms with van der Waals surface area (Å²) in [5, 5.41) is 12.3. The average molecular weight is 465 g/mol. The number of alkyl carbamates (subject to hydrolysis) is 1. The molecule has 1 aliphatic carbocycles. The van der Waals surface area contributed by atoms with Crippen LogP contribution in [0.25, 0.3) is 11.1 Å². The fraction of sp³-hybridized carbons (Fsp3) is 0.444. The van der Waals surface area contributed by atoms with E-state index in [9.17, 15) is 19.5 Å². The molecule has 1 aliphatic heterocycles. The Labute approximate surface area is 200 Å². The maximum atomic E-state index is 13.2. The van der Waals surface area contributed by atoms with Crippen LogP contribution < -0.4 is 5.32 Å². The van der Waals surface area contributed by atoms with Crippen LogP contribution in [-0.2, 0) is 14.3 Å². The van der Waals surface area contributed by atoms with E-state index >= 15 is 0 Å². The van der Waals surface area contributed by atoms with Crippen LogP contribution in [0.5, 0.6) is 0 Å². The van der Waals surface area contributed by atoms with E-state index in [1.807, 2.05) is 38.1 Å². The van der Waals surface area contributed by atoms with Gasteiger partial charge in [0.05, 0.1) is 0 Å². The first-order valence-corrected chi connectivity index (χ1v) is 12.1. The van der Waals surface area contributed by atoms with Gasteiger partial charge in [-0.15, -0.1) is 0 Å². The summed E-state index contributed by atoms with van der Waals surface area (Å²) in [6.45, 7) is 4.39. The first-order valence-electron chi connectivity index (χ1n) is 12.1. The number of carboxylic acids is 1. The highest BCUT2D eigenvalue weighted by Crippen LogP contribution is 2.44. The molecule has 0 aromatic heterocycles. The minimum absolute atomic E-state index is 0.0706. The predicted molar refractivity (Wildman–Crippen MR) is 128 cm³/mol. The highest BCUT2D eigenvalue weighted by molar-refractivity contribution is 5.90. The zero-order chi connectivity index (χ0) is 24.2. The number of benzene rings is 2. The van der Waals surface area contributed by atoms with Gasteiger partial charge < -0.3 is 20.1 Å². The first kappa shape index (κ1) is 23.8. The second-order valence-corrected chi connectivity index (χ2v) is 9.25. The van der Waals surface area contributed by atoms with Crippen LogP contribution in [-0.4, -0.2) is 53.2 Å². The minimum atomic E-state index is -1.01. The van der Waals surface area contributed by atoms with Gasteiger partial charge in [-0.3, -0.25) is 4.79 Å². The molecule has 0 bridgehead atoms. The van der Waals surface area contributed by atoms with Gasteiger partial charge in [0, 0.05) is 12.5 Å². The van der Waals surface area contributed by atoms with Crippen molar-refractivity contribution in [2.24, 2.45) is 5.92 Å². The zero-order valence-corrected chi connectivity index (χ0v) is 19.7. The van der Waals surface area contributed by atoms with E-state index in [1.54, 1.807) is 0 Å². The summed E-state index contributed by atoms with van der Waals surface area (Å²) in [6, 6.07) is 14.5. The molecule has 2 aliphatic rings. The molecule has 4 rings (SSSR count). The number of hydrogen-bond donors (Lipinski definition) is 2. The van der Waals surface area contributed by atoms with Crippen molar-refractivity contribution in [3.63, 3.8) is 0 Å². The normalized spacial score (nSPS) is 19.9. The van der Waals surface area contributed by atoms with Crippen molar-refractivity contribution in [1.29, 1.82) is 0 Å². The standard InChI is InChI=1S/C27H32N2O5/c1-3-4-13-23(25(30)29-15-14-17(2)24(29)26(31)32)28-27(33)34-16-22-20-11-7-5-9-18(20)19-10-6-8-12-21(19)22/h5-12,17,22-24H,3-4,13-16H2,1-2H3,(H,28,33)(H,31,32). The third kappa shape index (κ3) is 4.65. The van der Waals surface area contributed by atoms with Crippen molar-refractivity contribution in [1.82, 2.24) is 10.2 Å². The number of nitrogens with zero attached hydrogens (tertiary/aromatic N) is 1. The van der Waals surface area contributed by atoms with Crippen LogP contribution >= 0.6 is 0 Å². The van der Waals surface area contributed by atoms with Gasteiger partial charge in [0.15, 0.2) is 0 Å². The van der Waals surface area contributed by atoms with E-state index in [4.69, 9.17) is 4.74 Å². The highest BCUT2D eigenvalue weighted by atomic mass is 16.5. The molecule has 0 spiro atoms. The van der Waals surface area contributed by atoms with Crippen molar-refractivity contribution in [3.05, 3.63) is 59.7 Å². The van der Waals surface area contributed by atoms with Crippen molar-refractivity contribution in [3.8, 4) is 11.1 Å². The number of amides is 2. The monoisotopic (exact) mass is 464 g/mol. The van der Waals surface area contributed by atoms with Gasteiger partial charge in [-0.05, 0) is 41.0 Å². The Morgan fingerprint density at radius 1 is 1.09 bits per heavy atom. The number of hydrogen-bond acceptors (Lipinski definition) is 4. The van der Waals surface area contributed by atoms with Crippen molar-refractivity contribution < 1.29 is 24.2 Å². The fourth-order valence-corrected chi connectivity index (χ4v) is 5.22. The van der Waals surface area contributed by atoms with Crippen LogP contribution in [0.3, 0.4) is 0 Å². The van der Waals surface area contributed by atoms with E-state index < -0.39 is 24.1 Å². The zero-order valence-electron chi connectivity index (χ0n) is 19.7. The second kappa shape index (κ2) is 10.3. The lowest BCUT2D eigenvalue weighted by Crippen LogP contribution is -2.52. The predicted octanol–water partition coefficient (Wildman–Crippen LogP) is 4.41. The van der Waals surface area contributed by atoms with Crippen LogP contribution in [0.4, 0.5) is 4.79 Å². The van der Waals surface area contributed by atoms with Gasteiger partial charge in [-0.1, -0.05) is 75.2 Å². The van der Waals surface area contributed by atoms with E-state index in [0.717, 1.165) is 35.1 Å². The molecule has 3 unspecified atom stereocenters. The topological polar surface area (TPSA) is 95.9 Å². The Hall–Kier alpha value is -3.35. The van der Waals surface area contributed by atoms with Gasteiger partial charge in [0.2, 0.25) is 5.91 Å². The minimum Gasteiger partial charge on any atom is -0.480 e. The molecule has 7 nitrogen and oxygen atoms in total. The molecule has 7 heteroatoms. The summed E-state index contributed by atoms with van der Waals surface area (Å²) < 4.78 is 5.62. The maximum absolute atomic E-state index is 13.2. The molecule has 3 atom stereocenters. The molecular formula is C27H32N2O5. The van der Waals surface area contributed by atoms with Gasteiger partial charge in [-0.25, -0.2) is 9.59 Å². The Bertz CT molecular complexity index is 1020. The van der Waals surface area contributed by atoms with E-state index in [0.29, 0.717) is 19.4 Å². The lowest BCUT2D eigenvalue weighted by molar-refractivity contribution is -0.150. The van der Waals surface area contributed by atoms with Crippen LogP contribution in [0.1, 0.15) is 56.6 Å². The van der Waals surface area contributed by atoms with Crippen LogP contribution in [0.15, 0.2) is 48.5 Å². The fourth-order valence-electron chi connectivity index (χ4n) is 5.22. The number of carboxylic acid groups (broad SMARTS) is 1. The number of rotatable bonds is 8. The number of likely N-dealkylation sites (tertiary alicyclic amines) is 1.